The zero-order valence-electron chi connectivity index (χ0n) is 17.5. The average molecular weight is 413 g/mol. The standard InChI is InChI=1S/C24H32N2O2S/c1-28-21-7-5-6-19(16-21)18-11-14-26(15-12-18)24-17-20(10-13-25-24)22-8-3-4-9-23(22)29(2)27/h3-9,16,18,20,24-25H,10-15,17H2,1-2H3. The molecule has 156 valence electrons. The van der Waals surface area contributed by atoms with Gasteiger partial charge in [-0.1, -0.05) is 30.3 Å². The molecule has 2 saturated heterocycles. The summed E-state index contributed by atoms with van der Waals surface area (Å²) in [5, 5.41) is 3.74. The molecular formula is C24H32N2O2S. The Kier molecular flexibility index (Phi) is 6.68. The van der Waals surface area contributed by atoms with Crippen molar-refractivity contribution in [1.82, 2.24) is 10.2 Å². The summed E-state index contributed by atoms with van der Waals surface area (Å²) >= 11 is 0. The maximum atomic E-state index is 12.2. The highest BCUT2D eigenvalue weighted by atomic mass is 32.2. The van der Waals surface area contributed by atoms with Crippen molar-refractivity contribution in [1.29, 1.82) is 0 Å². The zero-order chi connectivity index (χ0) is 20.2. The van der Waals surface area contributed by atoms with E-state index in [2.05, 4.69) is 40.5 Å². The first kappa shape index (κ1) is 20.6. The molecule has 5 heteroatoms. The van der Waals surface area contributed by atoms with Crippen molar-refractivity contribution in [2.75, 3.05) is 33.0 Å². The summed E-state index contributed by atoms with van der Waals surface area (Å²) in [6.07, 6.45) is 6.79. The fraction of sp³-hybridized carbons (Fsp3) is 0.500. The molecule has 3 unspecified atom stereocenters. The van der Waals surface area contributed by atoms with Gasteiger partial charge in [0.1, 0.15) is 5.75 Å². The van der Waals surface area contributed by atoms with Gasteiger partial charge in [-0.15, -0.1) is 0 Å². The molecule has 0 spiro atoms. The van der Waals surface area contributed by atoms with Crippen LogP contribution in [-0.4, -0.2) is 48.3 Å². The predicted molar refractivity (Wildman–Crippen MR) is 119 cm³/mol. The summed E-state index contributed by atoms with van der Waals surface area (Å²) in [5.74, 6) is 2.05. The number of benzene rings is 2. The van der Waals surface area contributed by atoms with Crippen LogP contribution in [0.1, 0.15) is 48.6 Å². The van der Waals surface area contributed by atoms with Crippen molar-refractivity contribution < 1.29 is 8.95 Å². The van der Waals surface area contributed by atoms with Gasteiger partial charge >= 0.3 is 0 Å². The quantitative estimate of drug-likeness (QED) is 0.803. The second-order valence-electron chi connectivity index (χ2n) is 8.27. The lowest BCUT2D eigenvalue weighted by Gasteiger charge is -2.42. The van der Waals surface area contributed by atoms with Crippen molar-refractivity contribution >= 4 is 10.8 Å². The summed E-state index contributed by atoms with van der Waals surface area (Å²) in [4.78, 5) is 3.63. The van der Waals surface area contributed by atoms with Crippen LogP contribution in [0.2, 0.25) is 0 Å². The van der Waals surface area contributed by atoms with Crippen LogP contribution in [0.25, 0.3) is 0 Å². The largest absolute Gasteiger partial charge is 0.497 e. The van der Waals surface area contributed by atoms with E-state index in [4.69, 9.17) is 4.74 Å². The number of hydrogen-bond acceptors (Lipinski definition) is 4. The molecule has 4 nitrogen and oxygen atoms in total. The normalized spacial score (nSPS) is 24.9. The highest BCUT2D eigenvalue weighted by molar-refractivity contribution is 7.84. The van der Waals surface area contributed by atoms with E-state index in [0.717, 1.165) is 43.1 Å². The maximum Gasteiger partial charge on any atom is 0.119 e. The van der Waals surface area contributed by atoms with E-state index in [1.807, 2.05) is 18.2 Å². The number of nitrogens with one attached hydrogen (secondary N) is 1. The molecule has 1 N–H and O–H groups in total. The molecule has 3 atom stereocenters. The number of rotatable bonds is 5. The molecule has 0 bridgehead atoms. The van der Waals surface area contributed by atoms with Crippen LogP contribution in [0, 0.1) is 0 Å². The Morgan fingerprint density at radius 1 is 1.03 bits per heavy atom. The third kappa shape index (κ3) is 4.73. The van der Waals surface area contributed by atoms with Gasteiger partial charge in [0.05, 0.1) is 24.1 Å². The SMILES string of the molecule is COc1cccc(C2CCN(C3CC(c4ccccc4S(C)=O)CCN3)CC2)c1. The fourth-order valence-corrected chi connectivity index (χ4v) is 5.81. The molecule has 2 fully saturated rings. The number of hydrogen-bond donors (Lipinski definition) is 1. The third-order valence-corrected chi connectivity index (χ3v) is 7.58. The van der Waals surface area contributed by atoms with Crippen LogP contribution in [0.15, 0.2) is 53.4 Å². The first-order chi connectivity index (χ1) is 14.2. The fourth-order valence-electron chi connectivity index (χ4n) is 4.98. The Balaban J connectivity index is 1.39. The zero-order valence-corrected chi connectivity index (χ0v) is 18.3. The highest BCUT2D eigenvalue weighted by Gasteiger charge is 2.31. The van der Waals surface area contributed by atoms with Crippen LogP contribution < -0.4 is 10.1 Å². The Hall–Kier alpha value is -1.69. The molecule has 4 rings (SSSR count). The van der Waals surface area contributed by atoms with Gasteiger partial charge in [-0.2, -0.15) is 0 Å². The molecule has 2 aliphatic heterocycles. The van der Waals surface area contributed by atoms with E-state index in [1.165, 1.54) is 24.0 Å². The lowest BCUT2D eigenvalue weighted by atomic mass is 9.86. The Bertz CT molecular complexity index is 848. The molecule has 2 aliphatic rings. The highest BCUT2D eigenvalue weighted by Crippen LogP contribution is 2.35. The van der Waals surface area contributed by atoms with Crippen molar-refractivity contribution in [3.63, 3.8) is 0 Å². The molecule has 29 heavy (non-hydrogen) atoms. The van der Waals surface area contributed by atoms with E-state index < -0.39 is 10.8 Å². The van der Waals surface area contributed by atoms with Gasteiger partial charge < -0.3 is 10.1 Å². The van der Waals surface area contributed by atoms with Crippen LogP contribution in [-0.2, 0) is 10.8 Å². The molecule has 0 saturated carbocycles. The van der Waals surface area contributed by atoms with Crippen molar-refractivity contribution in [2.24, 2.45) is 0 Å². The van der Waals surface area contributed by atoms with Crippen molar-refractivity contribution in [3.8, 4) is 5.75 Å². The maximum absolute atomic E-state index is 12.2. The first-order valence-electron chi connectivity index (χ1n) is 10.7. The van der Waals surface area contributed by atoms with Gasteiger partial charge in [0.15, 0.2) is 0 Å². The monoisotopic (exact) mass is 412 g/mol. The Labute approximate surface area is 177 Å². The first-order valence-corrected chi connectivity index (χ1v) is 12.2. The van der Waals surface area contributed by atoms with Crippen LogP contribution in [0.3, 0.4) is 0 Å². The topological polar surface area (TPSA) is 41.6 Å². The smallest absolute Gasteiger partial charge is 0.119 e. The number of nitrogens with zero attached hydrogens (tertiary/aromatic N) is 1. The summed E-state index contributed by atoms with van der Waals surface area (Å²) in [6.45, 7) is 3.26. The van der Waals surface area contributed by atoms with E-state index >= 15 is 0 Å². The second kappa shape index (κ2) is 9.41. The van der Waals surface area contributed by atoms with E-state index in [0.29, 0.717) is 18.0 Å². The molecule has 2 aromatic rings. The molecular weight excluding hydrogens is 380 g/mol. The van der Waals surface area contributed by atoms with Crippen molar-refractivity contribution in [2.45, 2.75) is 48.6 Å². The van der Waals surface area contributed by atoms with E-state index in [-0.39, 0.29) is 0 Å². The number of likely N-dealkylation sites (tertiary alicyclic amines) is 1. The van der Waals surface area contributed by atoms with Gasteiger partial charge in [0.25, 0.3) is 0 Å². The minimum Gasteiger partial charge on any atom is -0.497 e. The molecule has 0 amide bonds. The van der Waals surface area contributed by atoms with E-state index in [9.17, 15) is 4.21 Å². The second-order valence-corrected chi connectivity index (χ2v) is 9.62. The summed E-state index contributed by atoms with van der Waals surface area (Å²) in [6, 6.07) is 16.8. The molecule has 2 heterocycles. The van der Waals surface area contributed by atoms with E-state index in [1.54, 1.807) is 13.4 Å². The number of methoxy groups -OCH3 is 1. The van der Waals surface area contributed by atoms with Crippen LogP contribution >= 0.6 is 0 Å². The molecule has 0 aromatic heterocycles. The molecule has 2 aromatic carbocycles. The number of piperidine rings is 2. The van der Waals surface area contributed by atoms with Crippen LogP contribution in [0.4, 0.5) is 0 Å². The number of ether oxygens (including phenoxy) is 1. The van der Waals surface area contributed by atoms with Crippen LogP contribution in [0.5, 0.6) is 5.75 Å². The van der Waals surface area contributed by atoms with Crippen molar-refractivity contribution in [3.05, 3.63) is 59.7 Å². The average Bonchev–Trinajstić information content (AvgIpc) is 2.79. The minimum absolute atomic E-state index is 0.415. The van der Waals surface area contributed by atoms with Gasteiger partial charge in [-0.05, 0) is 73.4 Å². The summed E-state index contributed by atoms with van der Waals surface area (Å²) in [7, 11) is 0.804. The Morgan fingerprint density at radius 2 is 1.83 bits per heavy atom. The Morgan fingerprint density at radius 3 is 2.59 bits per heavy atom. The minimum atomic E-state index is -0.931. The predicted octanol–water partition coefficient (Wildman–Crippen LogP) is 4.11. The summed E-state index contributed by atoms with van der Waals surface area (Å²) < 4.78 is 17.6. The molecule has 0 aliphatic carbocycles. The van der Waals surface area contributed by atoms with Gasteiger partial charge in [0, 0.05) is 24.2 Å². The van der Waals surface area contributed by atoms with Gasteiger partial charge in [0.2, 0.25) is 0 Å². The van der Waals surface area contributed by atoms with Gasteiger partial charge in [-0.25, -0.2) is 0 Å². The lowest BCUT2D eigenvalue weighted by Crippen LogP contribution is -2.52. The summed E-state index contributed by atoms with van der Waals surface area (Å²) in [5.41, 5.74) is 2.68. The lowest BCUT2D eigenvalue weighted by molar-refractivity contribution is 0.0991. The third-order valence-electron chi connectivity index (χ3n) is 6.58. The molecule has 0 radical (unpaired) electrons. The van der Waals surface area contributed by atoms with Gasteiger partial charge in [-0.3, -0.25) is 9.11 Å².